The predicted octanol–water partition coefficient (Wildman–Crippen LogP) is 8.56. The van der Waals surface area contributed by atoms with Gasteiger partial charge < -0.3 is 31.1 Å². The molecule has 8 rings (SSSR count). The van der Waals surface area contributed by atoms with Crippen LogP contribution < -0.4 is 31.1 Å². The van der Waals surface area contributed by atoms with Gasteiger partial charge in [-0.25, -0.2) is 17.6 Å². The molecular weight excluding hydrogens is 1030 g/mol. The van der Waals surface area contributed by atoms with Crippen LogP contribution in [0.1, 0.15) is 26.2 Å². The highest BCUT2D eigenvalue weighted by Crippen LogP contribution is 2.22. The second-order valence-corrected chi connectivity index (χ2v) is 17.0. The number of alkyl halides is 4. The zero-order valence-electron chi connectivity index (χ0n) is 41.2. The molecule has 4 saturated heterocycles. The third-order valence-corrected chi connectivity index (χ3v) is 11.5. The second kappa shape index (κ2) is 37.5. The van der Waals surface area contributed by atoms with Gasteiger partial charge >= 0.3 is 0 Å². The number of hydrogen-bond acceptors (Lipinski definition) is 15. The van der Waals surface area contributed by atoms with Crippen molar-refractivity contribution in [1.82, 2.24) is 20.4 Å². The lowest BCUT2D eigenvalue weighted by molar-refractivity contribution is -0.385. The number of benzene rings is 4. The number of nitrogens with two attached hydrogens (primary N) is 1. The Morgan fingerprint density at radius 2 is 0.890 bits per heavy atom. The van der Waals surface area contributed by atoms with Crippen LogP contribution in [0.2, 0.25) is 0 Å². The molecule has 4 heterocycles. The molecule has 4 aromatic rings. The number of nitrogens with zero attached hydrogens (tertiary/aromatic N) is 9. The molecule has 4 fully saturated rings. The number of nitrogen functional groups attached to an aromatic ring is 1. The molecule has 24 heteroatoms. The van der Waals surface area contributed by atoms with Gasteiger partial charge in [0.15, 0.2) is 11.6 Å². The van der Waals surface area contributed by atoms with E-state index in [0.717, 1.165) is 102 Å². The first kappa shape index (κ1) is 62.9. The molecule has 0 radical (unpaired) electrons. The lowest BCUT2D eigenvalue weighted by Crippen LogP contribution is -2.47. The van der Waals surface area contributed by atoms with Crippen molar-refractivity contribution >= 4 is 55.7 Å². The van der Waals surface area contributed by atoms with Gasteiger partial charge in [0.05, 0.1) is 33.6 Å². The summed E-state index contributed by atoms with van der Waals surface area (Å²) in [6.45, 7) is 15.2. The van der Waals surface area contributed by atoms with Crippen LogP contribution in [-0.2, 0) is 0 Å². The Labute approximate surface area is 432 Å². The quantitative estimate of drug-likeness (QED) is 0.0421. The van der Waals surface area contributed by atoms with Gasteiger partial charge in [0.1, 0.15) is 13.3 Å². The van der Waals surface area contributed by atoms with Crippen LogP contribution >= 0.6 is 15.9 Å². The Kier molecular flexibility index (Phi) is 32.3. The Morgan fingerprint density at radius 3 is 1.19 bits per heavy atom. The van der Waals surface area contributed by atoms with E-state index < -0.39 is 27.2 Å². The molecule has 0 atom stereocenters. The van der Waals surface area contributed by atoms with Crippen molar-refractivity contribution in [3.8, 4) is 6.07 Å². The molecular formula is C49H68BrF5N12O6. The average Bonchev–Trinajstić information content (AvgIpc) is 3.42. The fourth-order valence-electron chi connectivity index (χ4n) is 7.28. The molecule has 18 nitrogen and oxygen atoms in total. The van der Waals surface area contributed by atoms with Crippen molar-refractivity contribution in [1.29, 1.82) is 5.26 Å². The topological polar surface area (TPSA) is 219 Å². The van der Waals surface area contributed by atoms with Gasteiger partial charge in [0.25, 0.3) is 17.1 Å². The number of nitriles is 1. The minimum Gasteiger partial charge on any atom is -0.399 e. The zero-order valence-corrected chi connectivity index (χ0v) is 42.8. The van der Waals surface area contributed by atoms with E-state index in [0.29, 0.717) is 30.6 Å². The van der Waals surface area contributed by atoms with Crippen LogP contribution in [0.25, 0.3) is 0 Å². The third kappa shape index (κ3) is 25.8. The molecule has 73 heavy (non-hydrogen) atoms. The van der Waals surface area contributed by atoms with Gasteiger partial charge in [0.2, 0.25) is 0 Å². The van der Waals surface area contributed by atoms with Gasteiger partial charge in [-0.15, -0.1) is 0 Å². The van der Waals surface area contributed by atoms with E-state index >= 15 is 0 Å². The fourth-order valence-corrected chi connectivity index (χ4v) is 7.28. The van der Waals surface area contributed by atoms with Crippen molar-refractivity contribution < 1.29 is 36.7 Å². The number of rotatable bonds is 11. The Bertz CT molecular complexity index is 2170. The van der Waals surface area contributed by atoms with Gasteiger partial charge in [-0.1, -0.05) is 22.4 Å². The van der Waals surface area contributed by atoms with E-state index in [1.807, 2.05) is 36.4 Å². The number of piperazine rings is 3. The van der Waals surface area contributed by atoms with E-state index in [1.165, 1.54) is 57.1 Å². The lowest BCUT2D eigenvalue weighted by atomic mass is 10.2. The van der Waals surface area contributed by atoms with Crippen LogP contribution in [0.5, 0.6) is 0 Å². The maximum absolute atomic E-state index is 12.3. The van der Waals surface area contributed by atoms with Gasteiger partial charge in [-0.2, -0.15) is 5.26 Å². The first-order chi connectivity index (χ1) is 35.2. The van der Waals surface area contributed by atoms with E-state index in [9.17, 15) is 52.3 Å². The number of nitro benzene ring substituents is 3. The Morgan fingerprint density at radius 1 is 0.548 bits per heavy atom. The van der Waals surface area contributed by atoms with Crippen molar-refractivity contribution in [2.75, 3.05) is 151 Å². The smallest absolute Gasteiger partial charge is 0.272 e. The summed E-state index contributed by atoms with van der Waals surface area (Å²) < 4.78 is 59.5. The average molecular weight is 1100 g/mol. The lowest BCUT2D eigenvalue weighted by Gasteiger charge is -2.35. The minimum atomic E-state index is -1.21. The van der Waals surface area contributed by atoms with Crippen molar-refractivity contribution in [3.05, 3.63) is 133 Å². The highest BCUT2D eigenvalue weighted by Gasteiger charge is 2.19. The molecule has 402 valence electrons. The van der Waals surface area contributed by atoms with Crippen LogP contribution in [0, 0.1) is 53.3 Å². The van der Waals surface area contributed by atoms with E-state index in [4.69, 9.17) is 11.0 Å². The summed E-state index contributed by atoms with van der Waals surface area (Å²) in [5, 5.41) is 45.3. The largest absolute Gasteiger partial charge is 0.399 e. The summed E-state index contributed by atoms with van der Waals surface area (Å²) in [5.41, 5.74) is 9.49. The molecule has 0 saturated carbocycles. The van der Waals surface area contributed by atoms with Crippen LogP contribution in [0.3, 0.4) is 0 Å². The van der Waals surface area contributed by atoms with Crippen LogP contribution in [0.4, 0.5) is 61.8 Å². The first-order valence-corrected chi connectivity index (χ1v) is 24.9. The number of halogens is 6. The van der Waals surface area contributed by atoms with Gasteiger partial charge in [0, 0.05) is 157 Å². The molecule has 0 bridgehead atoms. The zero-order chi connectivity index (χ0) is 53.8. The van der Waals surface area contributed by atoms with Crippen LogP contribution in [0.15, 0.2) is 91.0 Å². The minimum absolute atomic E-state index is 0.106. The first-order valence-electron chi connectivity index (χ1n) is 23.8. The SMILES string of the molecule is C1CCNCC1.CC#N.FCCBr.Nc1ccc(N2CCN(CCF)CC2)cc1.O=[N+]([O-])c1ccc(F)c(F)c1.O=[N+]([O-])c1ccc(N2CCN(CCF)CC2)cc1.O=[N+]([O-])c1ccc(N2CCNCC2)cc1. The van der Waals surface area contributed by atoms with Gasteiger partial charge in [-0.05, 0) is 80.5 Å². The summed E-state index contributed by atoms with van der Waals surface area (Å²) in [6, 6.07) is 25.1. The number of anilines is 4. The number of nitrogens with one attached hydrogen (secondary N) is 2. The molecule has 0 spiro atoms. The third-order valence-electron chi connectivity index (χ3n) is 11.2. The summed E-state index contributed by atoms with van der Waals surface area (Å²) in [5.74, 6) is -2.30. The molecule has 4 aliphatic heterocycles. The second-order valence-electron chi connectivity index (χ2n) is 16.2. The van der Waals surface area contributed by atoms with Crippen molar-refractivity contribution in [3.63, 3.8) is 0 Å². The summed E-state index contributed by atoms with van der Waals surface area (Å²) in [6.07, 6.45) is 4.22. The molecule has 4 aromatic carbocycles. The molecule has 4 N–H and O–H groups in total. The fraction of sp³-hybridized carbons (Fsp3) is 0.490. The number of non-ortho nitro benzene ring substituents is 3. The standard InChI is InChI=1S/C12H16FN3O2.C12H18FN3.C10H13N3O2.C6H3F2NO2.C5H11N.C2H4BrF.C2H3N/c13-5-6-14-7-9-15(10-8-14)11-1-3-12(4-2-11)16(17)18;13-5-6-15-7-9-16(10-8-15)12-3-1-11(14)2-4-12;14-13(15)10-3-1-9(2-4-10)12-7-5-11-6-8-12;7-5-2-1-4(9(10)11)3-6(5)8;1-2-4-6-5-3-1;3-1-2-4;1-2-3/h1-4H,5-10H2;1-4H,5-10,14H2;1-4,11H,5-8H2;1-3H;6H,1-5H2;1-2H2;1H3. The molecule has 0 amide bonds. The highest BCUT2D eigenvalue weighted by molar-refractivity contribution is 9.09. The monoisotopic (exact) mass is 1090 g/mol. The number of nitro groups is 3. The maximum atomic E-state index is 12.3. The molecule has 0 aromatic heterocycles. The normalized spacial score (nSPS) is 15.3. The molecule has 4 aliphatic rings. The number of hydrogen-bond donors (Lipinski definition) is 3. The molecule has 0 unspecified atom stereocenters. The van der Waals surface area contributed by atoms with Crippen molar-refractivity contribution in [2.45, 2.75) is 26.2 Å². The predicted molar refractivity (Wildman–Crippen MR) is 282 cm³/mol. The van der Waals surface area contributed by atoms with E-state index in [2.05, 4.69) is 51.1 Å². The van der Waals surface area contributed by atoms with Crippen LogP contribution in [-0.4, -0.2) is 155 Å². The maximum Gasteiger partial charge on any atom is 0.272 e. The Balaban J connectivity index is 0.000000310. The summed E-state index contributed by atoms with van der Waals surface area (Å²) in [7, 11) is 0. The Hall–Kier alpha value is -6.26. The van der Waals surface area contributed by atoms with E-state index in [1.54, 1.807) is 30.3 Å². The number of piperidine rings is 1. The highest BCUT2D eigenvalue weighted by atomic mass is 79.9. The summed E-state index contributed by atoms with van der Waals surface area (Å²) >= 11 is 2.87. The van der Waals surface area contributed by atoms with E-state index in [-0.39, 0.29) is 36.3 Å². The van der Waals surface area contributed by atoms with Crippen molar-refractivity contribution in [2.24, 2.45) is 0 Å². The van der Waals surface area contributed by atoms with Gasteiger partial charge in [-0.3, -0.25) is 44.5 Å². The summed E-state index contributed by atoms with van der Waals surface area (Å²) in [4.78, 5) is 40.4. The molecule has 0 aliphatic carbocycles.